The predicted octanol–water partition coefficient (Wildman–Crippen LogP) is -0.178. The Morgan fingerprint density at radius 2 is 1.23 bits per heavy atom. The molecule has 6 nitrogen and oxygen atoms in total. The summed E-state index contributed by atoms with van der Waals surface area (Å²) in [6, 6.07) is 0. The van der Waals surface area contributed by atoms with Gasteiger partial charge in [-0.1, -0.05) is 0 Å². The summed E-state index contributed by atoms with van der Waals surface area (Å²) in [4.78, 5) is 19.2. The van der Waals surface area contributed by atoms with Crippen molar-refractivity contribution in [3.8, 4) is 0 Å². The monoisotopic (exact) mass is 201 g/mol. The zero-order valence-electron chi connectivity index (χ0n) is 8.20. The van der Waals surface area contributed by atoms with Crippen molar-refractivity contribution in [2.75, 3.05) is 13.2 Å². The van der Waals surface area contributed by atoms with Crippen LogP contribution in [0.5, 0.6) is 0 Å². The Labute approximate surface area is 99.2 Å². The van der Waals surface area contributed by atoms with Crippen LogP contribution in [0.1, 0.15) is 13.8 Å². The van der Waals surface area contributed by atoms with E-state index in [1.54, 1.807) is 13.8 Å². The molecule has 1 radical (unpaired) electrons. The summed E-state index contributed by atoms with van der Waals surface area (Å²) >= 11 is 0. The normalized spacial score (nSPS) is 6.92. The number of rotatable bonds is 2. The fourth-order valence-electron chi connectivity index (χ4n) is 0.285. The van der Waals surface area contributed by atoms with Crippen molar-refractivity contribution in [2.24, 2.45) is 11.5 Å². The number of nitrogens with two attached hydrogens (primary N) is 2. The molecule has 0 fully saturated rings. The maximum Gasteiger partial charge on any atom is 0.404 e. The van der Waals surface area contributed by atoms with E-state index in [9.17, 15) is 9.59 Å². The van der Waals surface area contributed by atoms with Crippen LogP contribution in [-0.2, 0) is 9.47 Å². The van der Waals surface area contributed by atoms with Gasteiger partial charge in [0.05, 0.1) is 13.2 Å². The molecule has 0 rings (SSSR count). The van der Waals surface area contributed by atoms with Gasteiger partial charge in [0.2, 0.25) is 0 Å². The average Bonchev–Trinajstić information content (AvgIpc) is 1.87. The van der Waals surface area contributed by atoms with Gasteiger partial charge < -0.3 is 20.9 Å². The molecule has 0 spiro atoms. The molecule has 0 aliphatic rings. The summed E-state index contributed by atoms with van der Waals surface area (Å²) in [5, 5.41) is 0. The first-order chi connectivity index (χ1) is 5.54. The maximum atomic E-state index is 9.60. The van der Waals surface area contributed by atoms with Crippen molar-refractivity contribution >= 4 is 41.7 Å². The van der Waals surface area contributed by atoms with Gasteiger partial charge >= 0.3 is 12.2 Å². The molecule has 0 unspecified atom stereocenters. The Hall–Kier alpha value is -0.460. The molecular formula is C6H14N2NaO4. The van der Waals surface area contributed by atoms with Crippen LogP contribution in [0.15, 0.2) is 0 Å². The van der Waals surface area contributed by atoms with E-state index in [2.05, 4.69) is 20.9 Å². The van der Waals surface area contributed by atoms with Gasteiger partial charge in [-0.2, -0.15) is 0 Å². The van der Waals surface area contributed by atoms with Crippen LogP contribution in [0.3, 0.4) is 0 Å². The predicted molar refractivity (Wildman–Crippen MR) is 48.2 cm³/mol. The van der Waals surface area contributed by atoms with Crippen molar-refractivity contribution < 1.29 is 19.1 Å². The number of hydrogen-bond donors (Lipinski definition) is 2. The molecule has 2 amide bonds. The van der Waals surface area contributed by atoms with Crippen LogP contribution in [0, 0.1) is 0 Å². The van der Waals surface area contributed by atoms with Crippen molar-refractivity contribution in [1.82, 2.24) is 0 Å². The number of carbonyl (C=O) groups excluding carboxylic acids is 2. The zero-order chi connectivity index (χ0) is 9.98. The molecule has 7 heteroatoms. The van der Waals surface area contributed by atoms with E-state index in [0.717, 1.165) is 0 Å². The Balaban J connectivity index is -0.000000143. The van der Waals surface area contributed by atoms with Crippen molar-refractivity contribution in [2.45, 2.75) is 13.8 Å². The first-order valence-corrected chi connectivity index (χ1v) is 3.39. The summed E-state index contributed by atoms with van der Waals surface area (Å²) in [5.41, 5.74) is 9.08. The Bertz CT molecular complexity index is 127. The number of carbonyl (C=O) groups is 2. The number of hydrogen-bond acceptors (Lipinski definition) is 4. The van der Waals surface area contributed by atoms with Gasteiger partial charge in [-0.05, 0) is 13.8 Å². The van der Waals surface area contributed by atoms with Crippen LogP contribution < -0.4 is 11.5 Å². The molecule has 13 heavy (non-hydrogen) atoms. The molecule has 0 heterocycles. The summed E-state index contributed by atoms with van der Waals surface area (Å²) in [6.07, 6.45) is -1.42. The van der Waals surface area contributed by atoms with E-state index in [0.29, 0.717) is 13.2 Å². The second kappa shape index (κ2) is 14.1. The smallest absolute Gasteiger partial charge is 0.404 e. The maximum absolute atomic E-state index is 9.60. The van der Waals surface area contributed by atoms with Crippen LogP contribution >= 0.6 is 0 Å². The van der Waals surface area contributed by atoms with Gasteiger partial charge in [0.25, 0.3) is 0 Å². The van der Waals surface area contributed by atoms with E-state index < -0.39 is 12.2 Å². The van der Waals surface area contributed by atoms with Crippen LogP contribution in [0.2, 0.25) is 0 Å². The van der Waals surface area contributed by atoms with Crippen LogP contribution in [-0.4, -0.2) is 55.0 Å². The van der Waals surface area contributed by atoms with E-state index in [1.807, 2.05) is 0 Å². The third-order valence-electron chi connectivity index (χ3n) is 0.573. The molecule has 0 aliphatic carbocycles. The van der Waals surface area contributed by atoms with E-state index in [4.69, 9.17) is 0 Å². The van der Waals surface area contributed by atoms with Crippen molar-refractivity contribution in [1.29, 1.82) is 0 Å². The topological polar surface area (TPSA) is 105 Å². The zero-order valence-corrected chi connectivity index (χ0v) is 10.2. The largest absolute Gasteiger partial charge is 0.450 e. The first kappa shape index (κ1) is 18.3. The quantitative estimate of drug-likeness (QED) is 0.604. The standard InChI is InChI=1S/2C3H7NO2.Na/c2*1-2-6-3(4)5;/h2*2H2,1H3,(H2,4,5);. The summed E-state index contributed by atoms with van der Waals surface area (Å²) < 4.78 is 8.36. The number of primary amides is 2. The number of amides is 2. The molecule has 0 saturated carbocycles. The molecular weight excluding hydrogens is 187 g/mol. The number of ether oxygens (including phenoxy) is 2. The third kappa shape index (κ3) is 34.2. The van der Waals surface area contributed by atoms with Crippen molar-refractivity contribution in [3.63, 3.8) is 0 Å². The molecule has 0 aromatic heterocycles. The summed E-state index contributed by atoms with van der Waals surface area (Å²) in [5.74, 6) is 0. The molecule has 0 aliphatic heterocycles. The molecule has 0 aromatic rings. The minimum Gasteiger partial charge on any atom is -0.450 e. The van der Waals surface area contributed by atoms with E-state index in [1.165, 1.54) is 0 Å². The SMILES string of the molecule is CCOC(N)=O.CCOC(N)=O.[Na]. The van der Waals surface area contributed by atoms with Gasteiger partial charge in [-0.25, -0.2) is 9.59 Å². The fraction of sp³-hybridized carbons (Fsp3) is 0.667. The Morgan fingerprint density at radius 1 is 1.00 bits per heavy atom. The molecule has 0 bridgehead atoms. The molecule has 4 N–H and O–H groups in total. The van der Waals surface area contributed by atoms with Gasteiger partial charge in [-0.3, -0.25) is 0 Å². The molecule has 0 atom stereocenters. The Kier molecular flexibility index (Phi) is 19.9. The Morgan fingerprint density at radius 3 is 1.23 bits per heavy atom. The van der Waals surface area contributed by atoms with E-state index in [-0.39, 0.29) is 29.6 Å². The summed E-state index contributed by atoms with van der Waals surface area (Å²) in [7, 11) is 0. The first-order valence-electron chi connectivity index (χ1n) is 3.39. The van der Waals surface area contributed by atoms with Gasteiger partial charge in [0.1, 0.15) is 0 Å². The van der Waals surface area contributed by atoms with Crippen LogP contribution in [0.25, 0.3) is 0 Å². The molecule has 0 saturated heterocycles. The average molecular weight is 201 g/mol. The van der Waals surface area contributed by atoms with E-state index >= 15 is 0 Å². The second-order valence-corrected chi connectivity index (χ2v) is 1.50. The minimum atomic E-state index is -0.711. The van der Waals surface area contributed by atoms with Gasteiger partial charge in [0, 0.05) is 29.6 Å². The van der Waals surface area contributed by atoms with Gasteiger partial charge in [0.15, 0.2) is 0 Å². The molecule has 73 valence electrons. The molecule has 0 aromatic carbocycles. The summed E-state index contributed by atoms with van der Waals surface area (Å²) in [6.45, 7) is 4.11. The second-order valence-electron chi connectivity index (χ2n) is 1.50. The van der Waals surface area contributed by atoms with Gasteiger partial charge in [-0.15, -0.1) is 0 Å². The minimum absolute atomic E-state index is 0. The third-order valence-corrected chi connectivity index (χ3v) is 0.573. The van der Waals surface area contributed by atoms with Crippen molar-refractivity contribution in [3.05, 3.63) is 0 Å². The van der Waals surface area contributed by atoms with Crippen LogP contribution in [0.4, 0.5) is 9.59 Å². The fourth-order valence-corrected chi connectivity index (χ4v) is 0.285.